The van der Waals surface area contributed by atoms with Crippen molar-refractivity contribution < 1.29 is 4.79 Å². The van der Waals surface area contributed by atoms with Crippen molar-refractivity contribution in [3.05, 3.63) is 34.5 Å². The molecule has 0 unspecified atom stereocenters. The van der Waals surface area contributed by atoms with Crippen molar-refractivity contribution in [1.82, 2.24) is 5.32 Å². The van der Waals surface area contributed by atoms with Gasteiger partial charge in [0.25, 0.3) is 5.91 Å². The average molecular weight is 205 g/mol. The third kappa shape index (κ3) is 1.51. The SMILES string of the molecule is CCNC(=O)c1scc2ccccc12. The number of carbonyl (C=O) groups excluding carboxylic acids is 1. The summed E-state index contributed by atoms with van der Waals surface area (Å²) in [6, 6.07) is 7.94. The molecule has 0 atom stereocenters. The van der Waals surface area contributed by atoms with Gasteiger partial charge in [0.2, 0.25) is 0 Å². The average Bonchev–Trinajstić information content (AvgIpc) is 2.61. The van der Waals surface area contributed by atoms with E-state index in [1.807, 2.05) is 36.6 Å². The zero-order valence-corrected chi connectivity index (χ0v) is 8.73. The molecule has 72 valence electrons. The van der Waals surface area contributed by atoms with Crippen molar-refractivity contribution in [2.24, 2.45) is 0 Å². The molecule has 0 radical (unpaired) electrons. The first-order chi connectivity index (χ1) is 6.83. The van der Waals surface area contributed by atoms with E-state index >= 15 is 0 Å². The number of fused-ring (bicyclic) bond motifs is 1. The quantitative estimate of drug-likeness (QED) is 0.802. The van der Waals surface area contributed by atoms with Crippen molar-refractivity contribution in [3.63, 3.8) is 0 Å². The van der Waals surface area contributed by atoms with Gasteiger partial charge in [0.05, 0.1) is 4.88 Å². The van der Waals surface area contributed by atoms with E-state index in [-0.39, 0.29) is 5.91 Å². The smallest absolute Gasteiger partial charge is 0.261 e. The summed E-state index contributed by atoms with van der Waals surface area (Å²) in [5, 5.41) is 7.01. The summed E-state index contributed by atoms with van der Waals surface area (Å²) in [6.07, 6.45) is 0. The molecule has 1 aromatic carbocycles. The van der Waals surface area contributed by atoms with Crippen LogP contribution in [-0.2, 0) is 0 Å². The Morgan fingerprint density at radius 3 is 3.00 bits per heavy atom. The van der Waals surface area contributed by atoms with E-state index in [4.69, 9.17) is 0 Å². The first kappa shape index (κ1) is 9.21. The zero-order valence-electron chi connectivity index (χ0n) is 7.91. The summed E-state index contributed by atoms with van der Waals surface area (Å²) in [5.41, 5.74) is 0. The van der Waals surface area contributed by atoms with Gasteiger partial charge < -0.3 is 5.32 Å². The molecule has 1 aromatic heterocycles. The molecule has 1 N–H and O–H groups in total. The fourth-order valence-corrected chi connectivity index (χ4v) is 2.35. The Bertz CT molecular complexity index is 461. The molecule has 0 fully saturated rings. The predicted molar refractivity (Wildman–Crippen MR) is 59.8 cm³/mol. The molecule has 0 saturated carbocycles. The highest BCUT2D eigenvalue weighted by atomic mass is 32.1. The molecule has 14 heavy (non-hydrogen) atoms. The Hall–Kier alpha value is -1.35. The van der Waals surface area contributed by atoms with Crippen LogP contribution in [0.25, 0.3) is 10.8 Å². The first-order valence-electron chi connectivity index (χ1n) is 4.57. The summed E-state index contributed by atoms with van der Waals surface area (Å²) < 4.78 is 0. The molecule has 1 amide bonds. The second kappa shape index (κ2) is 3.80. The van der Waals surface area contributed by atoms with E-state index in [0.717, 1.165) is 15.6 Å². The lowest BCUT2D eigenvalue weighted by molar-refractivity contribution is 0.0961. The van der Waals surface area contributed by atoms with Crippen LogP contribution in [0.5, 0.6) is 0 Å². The van der Waals surface area contributed by atoms with Crippen LogP contribution in [0.15, 0.2) is 29.6 Å². The molecule has 0 aliphatic carbocycles. The van der Waals surface area contributed by atoms with E-state index in [2.05, 4.69) is 5.32 Å². The number of rotatable bonds is 2. The molecular formula is C11H11NOS. The van der Waals surface area contributed by atoms with E-state index in [9.17, 15) is 4.79 Å². The molecule has 1 heterocycles. The third-order valence-electron chi connectivity index (χ3n) is 2.05. The Balaban J connectivity index is 2.47. The van der Waals surface area contributed by atoms with Crippen molar-refractivity contribution in [3.8, 4) is 0 Å². The lowest BCUT2D eigenvalue weighted by Gasteiger charge is -1.99. The Morgan fingerprint density at radius 2 is 2.21 bits per heavy atom. The van der Waals surface area contributed by atoms with E-state index in [1.54, 1.807) is 0 Å². The standard InChI is InChI=1S/C11H11NOS/c1-2-12-11(13)10-9-6-4-3-5-8(9)7-14-10/h3-7H,2H2,1H3,(H,12,13). The molecule has 3 heteroatoms. The monoisotopic (exact) mass is 205 g/mol. The molecule has 2 rings (SSSR count). The number of nitrogens with one attached hydrogen (secondary N) is 1. The van der Waals surface area contributed by atoms with E-state index in [0.29, 0.717) is 6.54 Å². The molecule has 0 aliphatic rings. The maximum absolute atomic E-state index is 11.6. The number of hydrogen-bond acceptors (Lipinski definition) is 2. The fraction of sp³-hybridized carbons (Fsp3) is 0.182. The molecule has 2 aromatic rings. The van der Waals surface area contributed by atoms with Gasteiger partial charge in [0.1, 0.15) is 0 Å². The summed E-state index contributed by atoms with van der Waals surface area (Å²) in [4.78, 5) is 12.4. The van der Waals surface area contributed by atoms with Gasteiger partial charge in [-0.05, 0) is 17.7 Å². The maximum Gasteiger partial charge on any atom is 0.261 e. The van der Waals surface area contributed by atoms with Crippen LogP contribution in [0, 0.1) is 0 Å². The number of carbonyl (C=O) groups is 1. The lowest BCUT2D eigenvalue weighted by atomic mass is 10.2. The van der Waals surface area contributed by atoms with Gasteiger partial charge in [-0.25, -0.2) is 0 Å². The highest BCUT2D eigenvalue weighted by Gasteiger charge is 2.10. The van der Waals surface area contributed by atoms with Crippen LogP contribution < -0.4 is 5.32 Å². The minimum absolute atomic E-state index is 0.0266. The molecule has 0 spiro atoms. The normalized spacial score (nSPS) is 10.4. The number of amides is 1. The second-order valence-corrected chi connectivity index (χ2v) is 3.89. The van der Waals surface area contributed by atoms with Crippen LogP contribution in [0.3, 0.4) is 0 Å². The van der Waals surface area contributed by atoms with Gasteiger partial charge in [-0.3, -0.25) is 4.79 Å². The number of benzene rings is 1. The topological polar surface area (TPSA) is 29.1 Å². The van der Waals surface area contributed by atoms with Crippen LogP contribution in [0.2, 0.25) is 0 Å². The fourth-order valence-electron chi connectivity index (χ4n) is 1.41. The summed E-state index contributed by atoms with van der Waals surface area (Å²) in [6.45, 7) is 2.60. The number of thiophene rings is 1. The maximum atomic E-state index is 11.6. The van der Waals surface area contributed by atoms with Crippen molar-refractivity contribution in [2.45, 2.75) is 6.92 Å². The van der Waals surface area contributed by atoms with Crippen molar-refractivity contribution >= 4 is 28.0 Å². The van der Waals surface area contributed by atoms with Gasteiger partial charge in [-0.15, -0.1) is 11.3 Å². The molecular weight excluding hydrogens is 194 g/mol. The van der Waals surface area contributed by atoms with Gasteiger partial charge in [0, 0.05) is 11.9 Å². The van der Waals surface area contributed by atoms with Crippen LogP contribution in [0.1, 0.15) is 16.6 Å². The Kier molecular flexibility index (Phi) is 2.50. The molecule has 0 bridgehead atoms. The van der Waals surface area contributed by atoms with Crippen molar-refractivity contribution in [1.29, 1.82) is 0 Å². The summed E-state index contributed by atoms with van der Waals surface area (Å²) in [5.74, 6) is 0.0266. The summed E-state index contributed by atoms with van der Waals surface area (Å²) >= 11 is 1.50. The molecule has 0 saturated heterocycles. The van der Waals surface area contributed by atoms with Gasteiger partial charge >= 0.3 is 0 Å². The minimum Gasteiger partial charge on any atom is -0.352 e. The lowest BCUT2D eigenvalue weighted by Crippen LogP contribution is -2.21. The molecule has 0 aliphatic heterocycles. The predicted octanol–water partition coefficient (Wildman–Crippen LogP) is 2.65. The zero-order chi connectivity index (χ0) is 9.97. The Labute approximate surface area is 86.6 Å². The van der Waals surface area contributed by atoms with Crippen molar-refractivity contribution in [2.75, 3.05) is 6.54 Å². The van der Waals surface area contributed by atoms with E-state index < -0.39 is 0 Å². The van der Waals surface area contributed by atoms with Crippen LogP contribution >= 0.6 is 11.3 Å². The number of hydrogen-bond donors (Lipinski definition) is 1. The largest absolute Gasteiger partial charge is 0.352 e. The van der Waals surface area contributed by atoms with Crippen LogP contribution in [0.4, 0.5) is 0 Å². The van der Waals surface area contributed by atoms with Gasteiger partial charge in [-0.1, -0.05) is 24.3 Å². The third-order valence-corrected chi connectivity index (χ3v) is 3.07. The summed E-state index contributed by atoms with van der Waals surface area (Å²) in [7, 11) is 0. The van der Waals surface area contributed by atoms with Gasteiger partial charge in [-0.2, -0.15) is 0 Å². The van der Waals surface area contributed by atoms with Gasteiger partial charge in [0.15, 0.2) is 0 Å². The highest BCUT2D eigenvalue weighted by Crippen LogP contribution is 2.25. The minimum atomic E-state index is 0.0266. The Morgan fingerprint density at radius 1 is 1.43 bits per heavy atom. The highest BCUT2D eigenvalue weighted by molar-refractivity contribution is 7.13. The first-order valence-corrected chi connectivity index (χ1v) is 5.45. The second-order valence-electron chi connectivity index (χ2n) is 3.01. The molecule has 2 nitrogen and oxygen atoms in total. The van der Waals surface area contributed by atoms with E-state index in [1.165, 1.54) is 11.3 Å². The van der Waals surface area contributed by atoms with Crippen LogP contribution in [-0.4, -0.2) is 12.5 Å².